The van der Waals surface area contributed by atoms with E-state index in [0.717, 1.165) is 5.56 Å². The van der Waals surface area contributed by atoms with E-state index in [9.17, 15) is 4.79 Å². The molecule has 2 heteroatoms. The smallest absolute Gasteiger partial charge is 0.308 e. The van der Waals surface area contributed by atoms with Gasteiger partial charge in [-0.15, -0.1) is 0 Å². The highest BCUT2D eigenvalue weighted by Crippen LogP contribution is 2.24. The van der Waals surface area contributed by atoms with E-state index in [1.165, 1.54) is 7.11 Å². The number of benzene rings is 1. The van der Waals surface area contributed by atoms with E-state index in [-0.39, 0.29) is 5.92 Å². The minimum Gasteiger partial charge on any atom is -0.469 e. The minimum atomic E-state index is -1.24. The van der Waals surface area contributed by atoms with Crippen LogP contribution in [0.1, 0.15) is 26.7 Å². The molecule has 14 heavy (non-hydrogen) atoms. The summed E-state index contributed by atoms with van der Waals surface area (Å²) in [5, 5.41) is 0. The summed E-state index contributed by atoms with van der Waals surface area (Å²) in [6.07, 6.45) is 0. The van der Waals surface area contributed by atoms with Crippen molar-refractivity contribution in [3.63, 3.8) is 0 Å². The molecule has 0 spiro atoms. The van der Waals surface area contributed by atoms with Crippen LogP contribution in [-0.4, -0.2) is 13.1 Å². The van der Waals surface area contributed by atoms with E-state index < -0.39 is 11.9 Å². The quantitative estimate of drug-likeness (QED) is 0.690. The van der Waals surface area contributed by atoms with Crippen molar-refractivity contribution in [2.75, 3.05) is 7.11 Å². The van der Waals surface area contributed by atoms with Crippen LogP contribution in [0.5, 0.6) is 0 Å². The monoisotopic (exact) mass is 193 g/mol. The van der Waals surface area contributed by atoms with Crippen molar-refractivity contribution in [1.29, 1.82) is 0 Å². The van der Waals surface area contributed by atoms with Crippen LogP contribution in [0.15, 0.2) is 30.3 Å². The van der Waals surface area contributed by atoms with Gasteiger partial charge in [-0.2, -0.15) is 0 Å². The topological polar surface area (TPSA) is 26.3 Å². The van der Waals surface area contributed by atoms with Crippen molar-refractivity contribution in [2.24, 2.45) is 5.89 Å². The number of carbonyl (C=O) groups excluding carboxylic acids is 1. The van der Waals surface area contributed by atoms with Crippen LogP contribution in [0.3, 0.4) is 0 Å². The predicted molar refractivity (Wildman–Crippen MR) is 56.0 cm³/mol. The SMILES string of the molecule is [2H][C@@](C)(C(=O)OC)[C@@H](C)c1ccccc1. The molecule has 76 valence electrons. The van der Waals surface area contributed by atoms with Gasteiger partial charge < -0.3 is 4.74 Å². The maximum Gasteiger partial charge on any atom is 0.308 e. The lowest BCUT2D eigenvalue weighted by Gasteiger charge is -2.17. The van der Waals surface area contributed by atoms with Crippen LogP contribution < -0.4 is 0 Å². The van der Waals surface area contributed by atoms with Gasteiger partial charge in [-0.1, -0.05) is 44.2 Å². The largest absolute Gasteiger partial charge is 0.469 e. The molecule has 0 radical (unpaired) electrons. The highest BCUT2D eigenvalue weighted by molar-refractivity contribution is 5.73. The molecule has 2 atom stereocenters. The van der Waals surface area contributed by atoms with Crippen molar-refractivity contribution in [2.45, 2.75) is 19.8 Å². The standard InChI is InChI=1S/C12H16O2/c1-9(10(2)12(13)14-3)11-7-5-4-6-8-11/h4-10H,1-3H3/t9-,10+/m1/s1/i10D. The van der Waals surface area contributed by atoms with Crippen LogP contribution >= 0.6 is 0 Å². The van der Waals surface area contributed by atoms with Crippen LogP contribution in [0.4, 0.5) is 0 Å². The van der Waals surface area contributed by atoms with Crippen molar-refractivity contribution in [3.8, 4) is 0 Å². The molecule has 0 saturated heterocycles. The molecule has 2 nitrogen and oxygen atoms in total. The second-order valence-corrected chi connectivity index (χ2v) is 3.31. The van der Waals surface area contributed by atoms with E-state index in [1.54, 1.807) is 6.92 Å². The van der Waals surface area contributed by atoms with E-state index in [2.05, 4.69) is 4.74 Å². The number of hydrogen-bond acceptors (Lipinski definition) is 2. The van der Waals surface area contributed by atoms with Gasteiger partial charge in [0.2, 0.25) is 0 Å². The Hall–Kier alpha value is -1.31. The zero-order valence-corrected chi connectivity index (χ0v) is 8.78. The second kappa shape index (κ2) is 4.80. The van der Waals surface area contributed by atoms with Gasteiger partial charge >= 0.3 is 5.97 Å². The zero-order valence-electron chi connectivity index (χ0n) is 9.78. The molecule has 0 aliphatic carbocycles. The van der Waals surface area contributed by atoms with Crippen molar-refractivity contribution < 1.29 is 10.9 Å². The Bertz CT molecular complexity index is 333. The van der Waals surface area contributed by atoms with Crippen LogP contribution in [0, 0.1) is 5.89 Å². The summed E-state index contributed by atoms with van der Waals surface area (Å²) < 4.78 is 12.6. The Kier molecular flexibility index (Phi) is 3.17. The third kappa shape index (κ3) is 2.34. The number of carbonyl (C=O) groups is 1. The number of ether oxygens (including phenoxy) is 1. The lowest BCUT2D eigenvalue weighted by Crippen LogP contribution is -2.18. The molecule has 0 heterocycles. The summed E-state index contributed by atoms with van der Waals surface area (Å²) in [7, 11) is 1.31. The van der Waals surface area contributed by atoms with Crippen LogP contribution in [0.25, 0.3) is 0 Å². The first-order valence-electron chi connectivity index (χ1n) is 5.13. The molecule has 0 aromatic heterocycles. The fourth-order valence-electron chi connectivity index (χ4n) is 1.33. The first-order chi connectivity index (χ1) is 7.00. The lowest BCUT2D eigenvalue weighted by atomic mass is 9.89. The van der Waals surface area contributed by atoms with Crippen molar-refractivity contribution in [3.05, 3.63) is 35.9 Å². The second-order valence-electron chi connectivity index (χ2n) is 3.31. The third-order valence-electron chi connectivity index (χ3n) is 2.46. The van der Waals surface area contributed by atoms with Gasteiger partial charge in [0.25, 0.3) is 0 Å². The van der Waals surface area contributed by atoms with Gasteiger partial charge in [0.05, 0.1) is 13.0 Å². The van der Waals surface area contributed by atoms with E-state index >= 15 is 0 Å². The molecular weight excluding hydrogens is 176 g/mol. The Morgan fingerprint density at radius 3 is 2.43 bits per heavy atom. The Morgan fingerprint density at radius 1 is 1.36 bits per heavy atom. The number of esters is 1. The summed E-state index contributed by atoms with van der Waals surface area (Å²) >= 11 is 0. The molecule has 1 aromatic carbocycles. The molecule has 0 aliphatic heterocycles. The molecule has 0 unspecified atom stereocenters. The average molecular weight is 193 g/mol. The van der Waals surface area contributed by atoms with Crippen LogP contribution in [-0.2, 0) is 9.53 Å². The Balaban J connectivity index is 2.94. The highest BCUT2D eigenvalue weighted by Gasteiger charge is 2.21. The molecule has 0 saturated carbocycles. The highest BCUT2D eigenvalue weighted by atomic mass is 16.5. The molecule has 0 amide bonds. The Labute approximate surface area is 86.3 Å². The lowest BCUT2D eigenvalue weighted by molar-refractivity contribution is -0.145. The van der Waals surface area contributed by atoms with Gasteiger partial charge in [0.15, 0.2) is 0 Å². The fraction of sp³-hybridized carbons (Fsp3) is 0.417. The molecule has 1 aromatic rings. The van der Waals surface area contributed by atoms with Crippen molar-refractivity contribution in [1.82, 2.24) is 0 Å². The summed E-state index contributed by atoms with van der Waals surface area (Å²) in [5.41, 5.74) is 0.973. The van der Waals surface area contributed by atoms with Gasteiger partial charge in [-0.3, -0.25) is 4.79 Å². The molecular formula is C12H16O2. The van der Waals surface area contributed by atoms with Crippen LogP contribution in [0.2, 0.25) is 0 Å². The molecule has 0 N–H and O–H groups in total. The molecule has 0 bridgehead atoms. The fourth-order valence-corrected chi connectivity index (χ4v) is 1.33. The number of hydrogen-bond donors (Lipinski definition) is 0. The third-order valence-corrected chi connectivity index (χ3v) is 2.46. The summed E-state index contributed by atoms with van der Waals surface area (Å²) in [5.74, 6) is -1.93. The summed E-state index contributed by atoms with van der Waals surface area (Å²) in [6, 6.07) is 9.55. The summed E-state index contributed by atoms with van der Waals surface area (Å²) in [6.45, 7) is 3.44. The normalized spacial score (nSPS) is 17.8. The Morgan fingerprint density at radius 2 is 1.93 bits per heavy atom. The zero-order chi connectivity index (χ0) is 11.5. The van der Waals surface area contributed by atoms with Gasteiger partial charge in [-0.25, -0.2) is 0 Å². The van der Waals surface area contributed by atoms with Crippen molar-refractivity contribution >= 4 is 5.97 Å². The van der Waals surface area contributed by atoms with Gasteiger partial charge in [0.1, 0.15) is 0 Å². The minimum absolute atomic E-state index is 0.189. The maximum absolute atomic E-state index is 11.4. The van der Waals surface area contributed by atoms with Gasteiger partial charge in [0, 0.05) is 1.37 Å². The number of methoxy groups -OCH3 is 1. The summed E-state index contributed by atoms with van der Waals surface area (Å²) in [4.78, 5) is 11.4. The molecule has 0 fully saturated rings. The van der Waals surface area contributed by atoms with Gasteiger partial charge in [-0.05, 0) is 11.5 Å². The van der Waals surface area contributed by atoms with E-state index in [0.29, 0.717) is 0 Å². The average Bonchev–Trinajstić information content (AvgIpc) is 2.28. The first kappa shape index (κ1) is 9.25. The van der Waals surface area contributed by atoms with E-state index in [1.807, 2.05) is 37.3 Å². The predicted octanol–water partition coefficient (Wildman–Crippen LogP) is 2.60. The molecule has 1 rings (SSSR count). The maximum atomic E-state index is 11.4. The number of rotatable bonds is 3. The molecule has 0 aliphatic rings. The van der Waals surface area contributed by atoms with E-state index in [4.69, 9.17) is 1.37 Å². The first-order valence-corrected chi connectivity index (χ1v) is 4.63.